The summed E-state index contributed by atoms with van der Waals surface area (Å²) in [7, 11) is 0. The molecule has 0 bridgehead atoms. The number of nitrogens with one attached hydrogen (secondary N) is 1. The van der Waals surface area contributed by atoms with Crippen LogP contribution in [0.2, 0.25) is 0 Å². The molecule has 2 rings (SSSR count). The number of urea groups is 1. The normalized spacial score (nSPS) is 27.1. The average molecular weight is 284 g/mol. The summed E-state index contributed by atoms with van der Waals surface area (Å²) < 4.78 is 11.1. The smallest absolute Gasteiger partial charge is 0.317 e. The number of rotatable bonds is 5. The van der Waals surface area contributed by atoms with Crippen molar-refractivity contribution in [2.24, 2.45) is 5.92 Å². The van der Waals surface area contributed by atoms with Crippen LogP contribution in [0.15, 0.2) is 0 Å². The molecule has 20 heavy (non-hydrogen) atoms. The summed E-state index contributed by atoms with van der Waals surface area (Å²) in [4.78, 5) is 14.2. The van der Waals surface area contributed by atoms with Gasteiger partial charge < -0.3 is 19.7 Å². The number of carbonyl (C=O) groups excluding carboxylic acids is 1. The van der Waals surface area contributed by atoms with E-state index in [-0.39, 0.29) is 12.1 Å². The molecule has 0 radical (unpaired) electrons. The molecule has 0 saturated carbocycles. The van der Waals surface area contributed by atoms with E-state index in [1.807, 2.05) is 4.90 Å². The van der Waals surface area contributed by atoms with Gasteiger partial charge in [-0.15, -0.1) is 0 Å². The van der Waals surface area contributed by atoms with Gasteiger partial charge in [-0.05, 0) is 31.6 Å². The lowest BCUT2D eigenvalue weighted by Crippen LogP contribution is -2.53. The summed E-state index contributed by atoms with van der Waals surface area (Å²) in [6, 6.07) is 0.267. The van der Waals surface area contributed by atoms with E-state index in [4.69, 9.17) is 9.47 Å². The quantitative estimate of drug-likeness (QED) is 0.840. The Hall–Kier alpha value is -0.810. The number of hydrogen-bond acceptors (Lipinski definition) is 3. The molecule has 2 atom stereocenters. The number of amides is 2. The molecule has 2 aliphatic heterocycles. The molecule has 2 heterocycles. The molecule has 2 amide bonds. The van der Waals surface area contributed by atoms with Gasteiger partial charge in [0.2, 0.25) is 0 Å². The number of carbonyl (C=O) groups is 1. The van der Waals surface area contributed by atoms with E-state index in [0.717, 1.165) is 32.3 Å². The number of ether oxygens (including phenoxy) is 2. The summed E-state index contributed by atoms with van der Waals surface area (Å²) in [6.45, 7) is 7.95. The van der Waals surface area contributed by atoms with Crippen LogP contribution in [0.1, 0.15) is 39.5 Å². The number of nitrogens with zero attached hydrogens (tertiary/aromatic N) is 1. The van der Waals surface area contributed by atoms with E-state index in [9.17, 15) is 4.79 Å². The second-order valence-electron chi connectivity index (χ2n) is 6.21. The SMILES string of the molecule is CC(C)C[C@H]1COCCN1C(=O)NCC[C@H]1CCCO1. The highest BCUT2D eigenvalue weighted by Crippen LogP contribution is 2.17. The van der Waals surface area contributed by atoms with Crippen molar-refractivity contribution in [3.63, 3.8) is 0 Å². The molecule has 0 aromatic carbocycles. The van der Waals surface area contributed by atoms with E-state index in [1.54, 1.807) is 0 Å². The highest BCUT2D eigenvalue weighted by atomic mass is 16.5. The van der Waals surface area contributed by atoms with Crippen molar-refractivity contribution in [2.75, 3.05) is 32.9 Å². The van der Waals surface area contributed by atoms with Crippen LogP contribution < -0.4 is 5.32 Å². The van der Waals surface area contributed by atoms with Crippen LogP contribution in [-0.2, 0) is 9.47 Å². The van der Waals surface area contributed by atoms with E-state index in [1.165, 1.54) is 0 Å². The maximum Gasteiger partial charge on any atom is 0.317 e. The maximum atomic E-state index is 12.3. The highest BCUT2D eigenvalue weighted by Gasteiger charge is 2.27. The Morgan fingerprint density at radius 1 is 1.40 bits per heavy atom. The van der Waals surface area contributed by atoms with Gasteiger partial charge in [-0.1, -0.05) is 13.8 Å². The predicted molar refractivity (Wildman–Crippen MR) is 77.8 cm³/mol. The van der Waals surface area contributed by atoms with Crippen molar-refractivity contribution in [1.29, 1.82) is 0 Å². The minimum absolute atomic E-state index is 0.0527. The molecule has 116 valence electrons. The van der Waals surface area contributed by atoms with Gasteiger partial charge in [0.1, 0.15) is 0 Å². The monoisotopic (exact) mass is 284 g/mol. The van der Waals surface area contributed by atoms with Crippen LogP contribution in [0.5, 0.6) is 0 Å². The van der Waals surface area contributed by atoms with E-state index >= 15 is 0 Å². The molecule has 5 nitrogen and oxygen atoms in total. The van der Waals surface area contributed by atoms with Gasteiger partial charge in [-0.25, -0.2) is 4.79 Å². The van der Waals surface area contributed by atoms with Gasteiger partial charge in [0.05, 0.1) is 25.4 Å². The molecular formula is C15H28N2O3. The standard InChI is InChI=1S/C15H28N2O3/c1-12(2)10-13-11-19-9-7-17(13)15(18)16-6-5-14-4-3-8-20-14/h12-14H,3-11H2,1-2H3,(H,16,18)/t13-,14+/m0/s1. The van der Waals surface area contributed by atoms with Crippen LogP contribution in [0.25, 0.3) is 0 Å². The highest BCUT2D eigenvalue weighted by molar-refractivity contribution is 5.74. The molecule has 0 unspecified atom stereocenters. The van der Waals surface area contributed by atoms with Crippen molar-refractivity contribution < 1.29 is 14.3 Å². The van der Waals surface area contributed by atoms with Gasteiger partial charge in [-0.2, -0.15) is 0 Å². The van der Waals surface area contributed by atoms with E-state index < -0.39 is 0 Å². The molecule has 0 aromatic heterocycles. The summed E-state index contributed by atoms with van der Waals surface area (Å²) in [5, 5.41) is 3.03. The first-order valence-electron chi connectivity index (χ1n) is 7.90. The molecule has 2 fully saturated rings. The first kappa shape index (κ1) is 15.6. The second kappa shape index (κ2) is 7.84. The summed E-state index contributed by atoms with van der Waals surface area (Å²) in [5.74, 6) is 0.573. The van der Waals surface area contributed by atoms with Gasteiger partial charge >= 0.3 is 6.03 Å². The fourth-order valence-electron chi connectivity index (χ4n) is 2.98. The third kappa shape index (κ3) is 4.63. The molecule has 1 N–H and O–H groups in total. The first-order chi connectivity index (χ1) is 9.66. The van der Waals surface area contributed by atoms with Crippen molar-refractivity contribution >= 4 is 6.03 Å². The minimum Gasteiger partial charge on any atom is -0.378 e. The lowest BCUT2D eigenvalue weighted by atomic mass is 10.0. The van der Waals surface area contributed by atoms with E-state index in [0.29, 0.717) is 38.3 Å². The lowest BCUT2D eigenvalue weighted by molar-refractivity contribution is 0.00538. The summed E-state index contributed by atoms with van der Waals surface area (Å²) in [5.41, 5.74) is 0. The molecule has 0 aliphatic carbocycles. The van der Waals surface area contributed by atoms with Crippen molar-refractivity contribution in [3.05, 3.63) is 0 Å². The number of hydrogen-bond donors (Lipinski definition) is 1. The first-order valence-corrected chi connectivity index (χ1v) is 7.90. The Morgan fingerprint density at radius 3 is 2.95 bits per heavy atom. The molecule has 2 aliphatic rings. The Bertz CT molecular complexity index is 303. The molecular weight excluding hydrogens is 256 g/mol. The van der Waals surface area contributed by atoms with Crippen molar-refractivity contribution in [3.8, 4) is 0 Å². The third-order valence-corrected chi connectivity index (χ3v) is 4.00. The zero-order valence-electron chi connectivity index (χ0n) is 12.8. The van der Waals surface area contributed by atoms with E-state index in [2.05, 4.69) is 19.2 Å². The molecule has 5 heteroatoms. The lowest BCUT2D eigenvalue weighted by Gasteiger charge is -2.36. The fraction of sp³-hybridized carbons (Fsp3) is 0.933. The predicted octanol–water partition coefficient (Wildman–Crippen LogP) is 2.01. The molecule has 2 saturated heterocycles. The van der Waals surface area contributed by atoms with Gasteiger partial charge in [0.25, 0.3) is 0 Å². The Balaban J connectivity index is 1.73. The molecule has 0 spiro atoms. The zero-order chi connectivity index (χ0) is 14.4. The molecule has 0 aromatic rings. The topological polar surface area (TPSA) is 50.8 Å². The number of morpholine rings is 1. The van der Waals surface area contributed by atoms with Crippen molar-refractivity contribution in [2.45, 2.75) is 51.7 Å². The third-order valence-electron chi connectivity index (χ3n) is 4.00. The van der Waals surface area contributed by atoms with Crippen LogP contribution in [0.4, 0.5) is 4.79 Å². The van der Waals surface area contributed by atoms with Crippen LogP contribution in [0, 0.1) is 5.92 Å². The summed E-state index contributed by atoms with van der Waals surface area (Å²) >= 11 is 0. The van der Waals surface area contributed by atoms with Gasteiger partial charge in [0.15, 0.2) is 0 Å². The Morgan fingerprint density at radius 2 is 2.25 bits per heavy atom. The zero-order valence-corrected chi connectivity index (χ0v) is 12.8. The summed E-state index contributed by atoms with van der Waals surface area (Å²) in [6.07, 6.45) is 4.54. The van der Waals surface area contributed by atoms with Gasteiger partial charge in [0, 0.05) is 19.7 Å². The van der Waals surface area contributed by atoms with Crippen LogP contribution in [0.3, 0.4) is 0 Å². The second-order valence-corrected chi connectivity index (χ2v) is 6.21. The minimum atomic E-state index is 0.0527. The Labute approximate surface area is 122 Å². The largest absolute Gasteiger partial charge is 0.378 e. The van der Waals surface area contributed by atoms with Crippen LogP contribution >= 0.6 is 0 Å². The average Bonchev–Trinajstić information content (AvgIpc) is 2.91. The Kier molecular flexibility index (Phi) is 6.10. The van der Waals surface area contributed by atoms with Gasteiger partial charge in [-0.3, -0.25) is 0 Å². The van der Waals surface area contributed by atoms with Crippen molar-refractivity contribution in [1.82, 2.24) is 10.2 Å². The maximum absolute atomic E-state index is 12.3. The van der Waals surface area contributed by atoms with Crippen LogP contribution in [-0.4, -0.2) is 56.0 Å². The fourth-order valence-corrected chi connectivity index (χ4v) is 2.98.